The highest BCUT2D eigenvalue weighted by Gasteiger charge is 2.31. The van der Waals surface area contributed by atoms with E-state index in [1.807, 2.05) is 0 Å². The van der Waals surface area contributed by atoms with Crippen LogP contribution in [-0.4, -0.2) is 36.4 Å². The topological polar surface area (TPSA) is 111 Å². The second-order valence-corrected chi connectivity index (χ2v) is 6.61. The summed E-state index contributed by atoms with van der Waals surface area (Å²) in [5.74, 6) is -1.32. The summed E-state index contributed by atoms with van der Waals surface area (Å²) in [5, 5.41) is 14.8. The lowest BCUT2D eigenvalue weighted by molar-refractivity contribution is -0.139. The molecule has 114 valence electrons. The van der Waals surface area contributed by atoms with Crippen LogP contribution < -0.4 is 9.46 Å². The maximum Gasteiger partial charge on any atom is 0.327 e. The first-order chi connectivity index (χ1) is 9.86. The minimum atomic E-state index is -4.03. The van der Waals surface area contributed by atoms with Crippen molar-refractivity contribution in [2.45, 2.75) is 10.9 Å². The number of aromatic nitrogens is 2. The zero-order valence-corrected chi connectivity index (χ0v) is 12.8. The average Bonchev–Trinajstić information content (AvgIpc) is 3.04. The third-order valence-corrected chi connectivity index (χ3v) is 5.19. The molecule has 2 heterocycles. The first-order valence-corrected chi connectivity index (χ1v) is 8.07. The van der Waals surface area contributed by atoms with Crippen molar-refractivity contribution in [1.82, 2.24) is 14.5 Å². The zero-order chi connectivity index (χ0) is 15.6. The summed E-state index contributed by atoms with van der Waals surface area (Å²) >= 11 is 1.11. The SMILES string of the molecule is COc1sccc1S(=O)(=O)NC(C(=O)O)c1ccnn1C. The van der Waals surface area contributed by atoms with Crippen LogP contribution in [0.2, 0.25) is 0 Å². The Balaban J connectivity index is 2.38. The number of nitrogens with one attached hydrogen (secondary N) is 1. The third-order valence-electron chi connectivity index (χ3n) is 2.75. The predicted molar refractivity (Wildman–Crippen MR) is 74.8 cm³/mol. The van der Waals surface area contributed by atoms with Gasteiger partial charge in [-0.3, -0.25) is 9.48 Å². The minimum Gasteiger partial charge on any atom is -0.486 e. The van der Waals surface area contributed by atoms with Crippen molar-refractivity contribution in [3.8, 4) is 5.06 Å². The number of ether oxygens (including phenoxy) is 1. The average molecular weight is 331 g/mol. The largest absolute Gasteiger partial charge is 0.486 e. The molecule has 0 aromatic carbocycles. The lowest BCUT2D eigenvalue weighted by Crippen LogP contribution is -2.35. The molecule has 2 aromatic heterocycles. The second-order valence-electron chi connectivity index (χ2n) is 4.05. The number of aliphatic carboxylic acids is 1. The molecule has 0 radical (unpaired) electrons. The molecule has 0 bridgehead atoms. The van der Waals surface area contributed by atoms with Gasteiger partial charge in [-0.25, -0.2) is 8.42 Å². The van der Waals surface area contributed by atoms with Crippen molar-refractivity contribution in [3.63, 3.8) is 0 Å². The van der Waals surface area contributed by atoms with Crippen molar-refractivity contribution < 1.29 is 23.1 Å². The number of hydrogen-bond acceptors (Lipinski definition) is 6. The van der Waals surface area contributed by atoms with Gasteiger partial charge in [-0.05, 0) is 17.5 Å². The van der Waals surface area contributed by atoms with Gasteiger partial charge in [0.05, 0.1) is 12.8 Å². The number of thiophene rings is 1. The number of methoxy groups -OCH3 is 1. The van der Waals surface area contributed by atoms with E-state index in [-0.39, 0.29) is 15.7 Å². The summed E-state index contributed by atoms with van der Waals surface area (Å²) in [6, 6.07) is 1.35. The van der Waals surface area contributed by atoms with Crippen molar-refractivity contribution in [2.24, 2.45) is 7.05 Å². The van der Waals surface area contributed by atoms with Gasteiger partial charge in [0, 0.05) is 13.2 Å². The molecule has 2 aromatic rings. The molecule has 2 N–H and O–H groups in total. The van der Waals surface area contributed by atoms with Gasteiger partial charge in [0.25, 0.3) is 0 Å². The number of carboxylic acid groups (broad SMARTS) is 1. The van der Waals surface area contributed by atoms with Crippen molar-refractivity contribution in [2.75, 3.05) is 7.11 Å². The van der Waals surface area contributed by atoms with Gasteiger partial charge in [0.15, 0.2) is 11.1 Å². The highest BCUT2D eigenvalue weighted by atomic mass is 32.2. The molecule has 0 aliphatic rings. The molecule has 8 nitrogen and oxygen atoms in total. The van der Waals surface area contributed by atoms with Gasteiger partial charge in [0.1, 0.15) is 4.90 Å². The number of sulfonamides is 1. The summed E-state index contributed by atoms with van der Waals surface area (Å²) in [5.41, 5.74) is 0.222. The molecule has 1 atom stereocenters. The summed E-state index contributed by atoms with van der Waals surface area (Å²) in [6.07, 6.45) is 1.39. The van der Waals surface area contributed by atoms with E-state index in [0.717, 1.165) is 11.3 Å². The molecule has 0 spiro atoms. The lowest BCUT2D eigenvalue weighted by Gasteiger charge is -2.15. The molecular weight excluding hydrogens is 318 g/mol. The summed E-state index contributed by atoms with van der Waals surface area (Å²) in [6.45, 7) is 0. The van der Waals surface area contributed by atoms with Gasteiger partial charge in [-0.15, -0.1) is 11.3 Å². The van der Waals surface area contributed by atoms with Crippen LogP contribution in [0.4, 0.5) is 0 Å². The highest BCUT2D eigenvalue weighted by Crippen LogP contribution is 2.30. The normalized spacial score (nSPS) is 13.0. The fourth-order valence-corrected chi connectivity index (χ4v) is 4.13. The van der Waals surface area contributed by atoms with Gasteiger partial charge >= 0.3 is 5.97 Å². The van der Waals surface area contributed by atoms with Crippen molar-refractivity contribution in [3.05, 3.63) is 29.4 Å². The van der Waals surface area contributed by atoms with Crippen LogP contribution in [0.3, 0.4) is 0 Å². The van der Waals surface area contributed by atoms with E-state index in [1.54, 1.807) is 5.38 Å². The van der Waals surface area contributed by atoms with E-state index in [0.29, 0.717) is 0 Å². The number of rotatable bonds is 6. The van der Waals surface area contributed by atoms with E-state index < -0.39 is 22.0 Å². The molecule has 10 heteroatoms. The Bertz CT molecular complexity index is 750. The van der Waals surface area contributed by atoms with Crippen molar-refractivity contribution >= 4 is 27.3 Å². The van der Waals surface area contributed by atoms with Crippen LogP contribution in [0, 0.1) is 0 Å². The number of hydrogen-bond donors (Lipinski definition) is 2. The zero-order valence-electron chi connectivity index (χ0n) is 11.2. The van der Waals surface area contributed by atoms with E-state index in [1.165, 1.54) is 37.2 Å². The van der Waals surface area contributed by atoms with E-state index in [9.17, 15) is 18.3 Å². The predicted octanol–water partition coefficient (Wildman–Crippen LogP) is 0.594. The second kappa shape index (κ2) is 5.84. The Morgan fingerprint density at radius 2 is 2.24 bits per heavy atom. The third kappa shape index (κ3) is 3.06. The Kier molecular flexibility index (Phi) is 4.30. The van der Waals surface area contributed by atoms with Crippen LogP contribution >= 0.6 is 11.3 Å². The summed E-state index contributed by atoms with van der Waals surface area (Å²) in [4.78, 5) is 11.3. The Morgan fingerprint density at radius 3 is 2.76 bits per heavy atom. The monoisotopic (exact) mass is 331 g/mol. The maximum absolute atomic E-state index is 12.3. The molecule has 0 saturated heterocycles. The molecule has 21 heavy (non-hydrogen) atoms. The number of nitrogens with zero attached hydrogens (tertiary/aromatic N) is 2. The lowest BCUT2D eigenvalue weighted by atomic mass is 10.2. The Morgan fingerprint density at radius 1 is 1.52 bits per heavy atom. The highest BCUT2D eigenvalue weighted by molar-refractivity contribution is 7.89. The molecule has 0 aliphatic carbocycles. The Hall–Kier alpha value is -1.91. The number of aryl methyl sites for hydroxylation is 1. The summed E-state index contributed by atoms with van der Waals surface area (Å²) in [7, 11) is -1.15. The number of carbonyl (C=O) groups is 1. The van der Waals surface area contributed by atoms with E-state index >= 15 is 0 Å². The number of carboxylic acids is 1. The molecule has 0 amide bonds. The first kappa shape index (κ1) is 15.5. The Labute approximate surface area is 125 Å². The van der Waals surface area contributed by atoms with E-state index in [4.69, 9.17) is 4.74 Å². The van der Waals surface area contributed by atoms with Crippen LogP contribution in [-0.2, 0) is 21.9 Å². The van der Waals surface area contributed by atoms with Gasteiger partial charge in [-0.1, -0.05) is 0 Å². The van der Waals surface area contributed by atoms with E-state index in [2.05, 4.69) is 9.82 Å². The fourth-order valence-electron chi connectivity index (χ4n) is 1.75. The molecule has 1 unspecified atom stereocenters. The van der Waals surface area contributed by atoms with Crippen LogP contribution in [0.1, 0.15) is 11.7 Å². The molecule has 0 saturated carbocycles. The van der Waals surface area contributed by atoms with Gasteiger partial charge in [-0.2, -0.15) is 9.82 Å². The first-order valence-electron chi connectivity index (χ1n) is 5.71. The smallest absolute Gasteiger partial charge is 0.327 e. The van der Waals surface area contributed by atoms with Gasteiger partial charge in [0.2, 0.25) is 10.0 Å². The molecular formula is C11H13N3O5S2. The van der Waals surface area contributed by atoms with Crippen LogP contribution in [0.25, 0.3) is 0 Å². The molecule has 0 fully saturated rings. The fraction of sp³-hybridized carbons (Fsp3) is 0.273. The minimum absolute atomic E-state index is 0.0941. The van der Waals surface area contributed by atoms with Gasteiger partial charge < -0.3 is 9.84 Å². The van der Waals surface area contributed by atoms with Crippen molar-refractivity contribution in [1.29, 1.82) is 0 Å². The van der Waals surface area contributed by atoms with Crippen LogP contribution in [0.5, 0.6) is 5.06 Å². The quantitative estimate of drug-likeness (QED) is 0.802. The summed E-state index contributed by atoms with van der Waals surface area (Å²) < 4.78 is 33.0. The van der Waals surface area contributed by atoms with Crippen LogP contribution in [0.15, 0.2) is 28.6 Å². The standard InChI is InChI=1S/C11H13N3O5S2/c1-14-7(3-5-12-14)9(10(15)16)13-21(17,18)8-4-6-20-11(8)19-2/h3-6,9,13H,1-2H3,(H,15,16). The molecule has 2 rings (SSSR count). The molecule has 0 aliphatic heterocycles. The maximum atomic E-state index is 12.3.